The fourth-order valence-corrected chi connectivity index (χ4v) is 4.91. The first-order valence-corrected chi connectivity index (χ1v) is 9.26. The first kappa shape index (κ1) is 17.9. The lowest BCUT2D eigenvalue weighted by atomic mass is 9.85. The van der Waals surface area contributed by atoms with Gasteiger partial charge in [-0.3, -0.25) is 4.79 Å². The van der Waals surface area contributed by atoms with Crippen LogP contribution in [0.3, 0.4) is 0 Å². The summed E-state index contributed by atoms with van der Waals surface area (Å²) in [5.74, 6) is -1.08. The second-order valence-corrected chi connectivity index (χ2v) is 9.14. The van der Waals surface area contributed by atoms with Crippen LogP contribution in [0.4, 0.5) is 0 Å². The summed E-state index contributed by atoms with van der Waals surface area (Å²) in [6, 6.07) is 2.75. The summed E-state index contributed by atoms with van der Waals surface area (Å²) >= 11 is 0. The second kappa shape index (κ2) is 5.91. The maximum absolute atomic E-state index is 13.1. The number of sulfonamides is 1. The van der Waals surface area contributed by atoms with Crippen molar-refractivity contribution < 1.29 is 18.3 Å². The summed E-state index contributed by atoms with van der Waals surface area (Å²) in [4.78, 5) is 11.6. The zero-order valence-electron chi connectivity index (χ0n) is 14.4. The molecule has 0 spiro atoms. The topological polar surface area (TPSA) is 74.7 Å². The molecule has 1 aliphatic rings. The molecule has 0 saturated carbocycles. The molecule has 1 fully saturated rings. The van der Waals surface area contributed by atoms with Gasteiger partial charge < -0.3 is 5.11 Å². The van der Waals surface area contributed by atoms with Gasteiger partial charge in [0.2, 0.25) is 10.0 Å². The minimum absolute atomic E-state index is 0.181. The van der Waals surface area contributed by atoms with Gasteiger partial charge in [0.15, 0.2) is 0 Å². The third-order valence-corrected chi connectivity index (χ3v) is 6.60. The van der Waals surface area contributed by atoms with E-state index in [-0.39, 0.29) is 16.9 Å². The highest BCUT2D eigenvalue weighted by molar-refractivity contribution is 7.89. The Labute approximate surface area is 138 Å². The van der Waals surface area contributed by atoms with Crippen LogP contribution < -0.4 is 0 Å². The summed E-state index contributed by atoms with van der Waals surface area (Å²) in [5.41, 5.74) is 2.35. The molecule has 0 aliphatic carbocycles. The maximum Gasteiger partial charge on any atom is 0.322 e. The molecule has 0 radical (unpaired) electrons. The molecule has 1 unspecified atom stereocenters. The molecule has 128 valence electrons. The number of carbonyl (C=O) groups is 1. The molecule has 2 rings (SSSR count). The maximum atomic E-state index is 13.1. The van der Waals surface area contributed by atoms with Crippen molar-refractivity contribution in [1.82, 2.24) is 4.31 Å². The van der Waals surface area contributed by atoms with Crippen molar-refractivity contribution in [3.05, 3.63) is 28.8 Å². The Balaban J connectivity index is 2.60. The predicted octanol–water partition coefficient (Wildman–Crippen LogP) is 2.84. The van der Waals surface area contributed by atoms with Crippen molar-refractivity contribution in [2.45, 2.75) is 63.8 Å². The Morgan fingerprint density at radius 2 is 1.87 bits per heavy atom. The molecule has 0 aromatic heterocycles. The van der Waals surface area contributed by atoms with Gasteiger partial charge in [0.05, 0.1) is 4.90 Å². The van der Waals surface area contributed by atoms with E-state index >= 15 is 0 Å². The standard InChI is InChI=1S/C17H25NO4S/c1-11-9-13(17(3,4)5)10-15(12(11)2)23(21,22)18-8-6-7-14(18)16(19)20/h9-10,14H,6-8H2,1-5H3,(H,19,20). The highest BCUT2D eigenvalue weighted by Gasteiger charge is 2.40. The minimum atomic E-state index is -3.82. The van der Waals surface area contributed by atoms with Crippen LogP contribution in [0.5, 0.6) is 0 Å². The van der Waals surface area contributed by atoms with Crippen molar-refractivity contribution in [1.29, 1.82) is 0 Å². The van der Waals surface area contributed by atoms with Gasteiger partial charge >= 0.3 is 5.97 Å². The molecule has 1 aromatic carbocycles. The van der Waals surface area contributed by atoms with Crippen LogP contribution in [0.15, 0.2) is 17.0 Å². The van der Waals surface area contributed by atoms with E-state index in [0.717, 1.165) is 15.4 Å². The zero-order chi connectivity index (χ0) is 17.6. The lowest BCUT2D eigenvalue weighted by molar-refractivity contribution is -0.140. The highest BCUT2D eigenvalue weighted by atomic mass is 32.2. The molecular weight excluding hydrogens is 314 g/mol. The van der Waals surface area contributed by atoms with Gasteiger partial charge in [-0.25, -0.2) is 8.42 Å². The SMILES string of the molecule is Cc1cc(C(C)(C)C)cc(S(=O)(=O)N2CCCC2C(=O)O)c1C. The van der Waals surface area contributed by atoms with Crippen LogP contribution in [0.2, 0.25) is 0 Å². The van der Waals surface area contributed by atoms with Gasteiger partial charge in [-0.2, -0.15) is 4.31 Å². The lowest BCUT2D eigenvalue weighted by Gasteiger charge is -2.26. The first-order valence-electron chi connectivity index (χ1n) is 7.82. The molecule has 6 heteroatoms. The molecule has 0 amide bonds. The zero-order valence-corrected chi connectivity index (χ0v) is 15.2. The number of hydrogen-bond donors (Lipinski definition) is 1. The van der Waals surface area contributed by atoms with Crippen LogP contribution in [-0.4, -0.2) is 36.4 Å². The molecule has 1 heterocycles. The predicted molar refractivity (Wildman–Crippen MR) is 89.2 cm³/mol. The molecule has 1 saturated heterocycles. The molecule has 0 bridgehead atoms. The van der Waals surface area contributed by atoms with Gasteiger partial charge in [-0.05, 0) is 54.9 Å². The summed E-state index contributed by atoms with van der Waals surface area (Å²) in [6.45, 7) is 10.0. The lowest BCUT2D eigenvalue weighted by Crippen LogP contribution is -2.40. The number of aliphatic carboxylic acids is 1. The Hall–Kier alpha value is -1.40. The van der Waals surface area contributed by atoms with Gasteiger partial charge in [0.25, 0.3) is 0 Å². The van der Waals surface area contributed by atoms with E-state index in [0.29, 0.717) is 18.4 Å². The first-order chi connectivity index (χ1) is 10.5. The number of rotatable bonds is 3. The summed E-state index contributed by atoms with van der Waals surface area (Å²) in [5, 5.41) is 9.30. The Morgan fingerprint density at radius 3 is 2.39 bits per heavy atom. The van der Waals surface area contributed by atoms with Crippen LogP contribution in [-0.2, 0) is 20.2 Å². The third kappa shape index (κ3) is 3.28. The average Bonchev–Trinajstić information content (AvgIpc) is 2.90. The monoisotopic (exact) mass is 339 g/mol. The van der Waals surface area contributed by atoms with Crippen LogP contribution in [0.25, 0.3) is 0 Å². The minimum Gasteiger partial charge on any atom is -0.480 e. The summed E-state index contributed by atoms with van der Waals surface area (Å²) in [7, 11) is -3.82. The van der Waals surface area contributed by atoms with Crippen molar-refractivity contribution >= 4 is 16.0 Å². The van der Waals surface area contributed by atoms with Gasteiger partial charge in [-0.1, -0.05) is 26.8 Å². The van der Waals surface area contributed by atoms with Crippen LogP contribution in [0, 0.1) is 13.8 Å². The largest absolute Gasteiger partial charge is 0.480 e. The number of nitrogens with zero attached hydrogens (tertiary/aromatic N) is 1. The van der Waals surface area contributed by atoms with Crippen LogP contribution in [0.1, 0.15) is 50.3 Å². The van der Waals surface area contributed by atoms with E-state index in [1.807, 2.05) is 33.8 Å². The Bertz CT molecular complexity index is 732. The van der Waals surface area contributed by atoms with E-state index in [1.165, 1.54) is 0 Å². The number of aryl methyl sites for hydroxylation is 1. The quantitative estimate of drug-likeness (QED) is 0.919. The Morgan fingerprint density at radius 1 is 1.26 bits per heavy atom. The van der Waals surface area contributed by atoms with E-state index in [1.54, 1.807) is 13.0 Å². The van der Waals surface area contributed by atoms with E-state index in [2.05, 4.69) is 0 Å². The van der Waals surface area contributed by atoms with Gasteiger partial charge in [0, 0.05) is 6.54 Å². The normalized spacial score (nSPS) is 20.0. The van der Waals surface area contributed by atoms with E-state index in [4.69, 9.17) is 0 Å². The fourth-order valence-electron chi connectivity index (χ4n) is 2.93. The van der Waals surface area contributed by atoms with Gasteiger partial charge in [0.1, 0.15) is 6.04 Å². The highest BCUT2D eigenvalue weighted by Crippen LogP contribution is 2.33. The number of hydrogen-bond acceptors (Lipinski definition) is 3. The second-order valence-electron chi connectivity index (χ2n) is 7.28. The van der Waals surface area contributed by atoms with Crippen molar-refractivity contribution in [3.8, 4) is 0 Å². The molecule has 5 nitrogen and oxygen atoms in total. The molecule has 23 heavy (non-hydrogen) atoms. The average molecular weight is 339 g/mol. The third-order valence-electron chi connectivity index (χ3n) is 4.56. The Kier molecular flexibility index (Phi) is 4.61. The summed E-state index contributed by atoms with van der Waals surface area (Å²) in [6.07, 6.45) is 0.943. The van der Waals surface area contributed by atoms with E-state index in [9.17, 15) is 18.3 Å². The fraction of sp³-hybridized carbons (Fsp3) is 0.588. The van der Waals surface area contributed by atoms with Crippen molar-refractivity contribution in [2.75, 3.05) is 6.54 Å². The van der Waals surface area contributed by atoms with E-state index < -0.39 is 22.0 Å². The molecule has 1 aliphatic heterocycles. The molecule has 1 N–H and O–H groups in total. The number of carboxylic acids is 1. The molecule has 1 atom stereocenters. The smallest absolute Gasteiger partial charge is 0.322 e. The molecular formula is C17H25NO4S. The summed E-state index contributed by atoms with van der Waals surface area (Å²) < 4.78 is 27.3. The number of benzene rings is 1. The van der Waals surface area contributed by atoms with Gasteiger partial charge in [-0.15, -0.1) is 0 Å². The number of carboxylic acid groups (broad SMARTS) is 1. The van der Waals surface area contributed by atoms with Crippen molar-refractivity contribution in [3.63, 3.8) is 0 Å². The molecule has 1 aromatic rings. The van der Waals surface area contributed by atoms with Crippen molar-refractivity contribution in [2.24, 2.45) is 0 Å². The van der Waals surface area contributed by atoms with Crippen LogP contribution >= 0.6 is 0 Å².